The van der Waals surface area contributed by atoms with Gasteiger partial charge in [-0.3, -0.25) is 4.79 Å². The fourth-order valence-corrected chi connectivity index (χ4v) is 1.37. The Morgan fingerprint density at radius 2 is 2.13 bits per heavy atom. The predicted octanol–water partition coefficient (Wildman–Crippen LogP) is 2.31. The van der Waals surface area contributed by atoms with Crippen LogP contribution in [0.5, 0.6) is 0 Å². The zero-order valence-corrected chi connectivity index (χ0v) is 9.07. The van der Waals surface area contributed by atoms with E-state index < -0.39 is 0 Å². The molecule has 0 saturated carbocycles. The van der Waals surface area contributed by atoms with Crippen molar-refractivity contribution >= 4 is 5.91 Å². The minimum atomic E-state index is 0.0276. The summed E-state index contributed by atoms with van der Waals surface area (Å²) in [7, 11) is 0. The average Bonchev–Trinajstić information content (AvgIpc) is 2.29. The maximum absolute atomic E-state index is 11.2. The van der Waals surface area contributed by atoms with E-state index in [1.165, 1.54) is 5.56 Å². The molecule has 1 N–H and O–H groups in total. The van der Waals surface area contributed by atoms with Gasteiger partial charge >= 0.3 is 0 Å². The Bertz CT molecular complexity index is 319. The van der Waals surface area contributed by atoms with Gasteiger partial charge in [-0.2, -0.15) is 0 Å². The lowest BCUT2D eigenvalue weighted by Crippen LogP contribution is -2.34. The summed E-state index contributed by atoms with van der Waals surface area (Å²) in [6, 6.07) is 10.1. The molecule has 1 unspecified atom stereocenters. The number of carbonyl (C=O) groups excluding carboxylic acids is 1. The van der Waals surface area contributed by atoms with Crippen LogP contribution in [0, 0.1) is 0 Å². The molecule has 1 atom stereocenters. The topological polar surface area (TPSA) is 29.1 Å². The highest BCUT2D eigenvalue weighted by molar-refractivity contribution is 5.76. The number of nitrogens with one attached hydrogen (secondary N) is 1. The molecule has 80 valence electrons. The molecule has 0 spiro atoms. The second-order valence-corrected chi connectivity index (χ2v) is 3.45. The lowest BCUT2D eigenvalue weighted by atomic mass is 10.1. The summed E-state index contributed by atoms with van der Waals surface area (Å²) in [5.74, 6) is 0.0656. The third kappa shape index (κ3) is 3.98. The van der Waals surface area contributed by atoms with Crippen molar-refractivity contribution in [2.45, 2.75) is 25.8 Å². The second kappa shape index (κ2) is 6.02. The Hall–Kier alpha value is -1.57. The Balaban J connectivity index is 2.54. The summed E-state index contributed by atoms with van der Waals surface area (Å²) in [6.07, 6.45) is 3.09. The number of rotatable bonds is 5. The fraction of sp³-hybridized carbons (Fsp3) is 0.308. The monoisotopic (exact) mass is 203 g/mol. The Kier molecular flexibility index (Phi) is 4.61. The summed E-state index contributed by atoms with van der Waals surface area (Å²) < 4.78 is 0. The Morgan fingerprint density at radius 3 is 2.67 bits per heavy atom. The van der Waals surface area contributed by atoms with Gasteiger partial charge in [0, 0.05) is 6.42 Å². The molecule has 1 aromatic carbocycles. The molecular formula is C13H17NO. The quantitative estimate of drug-likeness (QED) is 0.731. The van der Waals surface area contributed by atoms with Gasteiger partial charge in [-0.25, -0.2) is 0 Å². The second-order valence-electron chi connectivity index (χ2n) is 3.45. The van der Waals surface area contributed by atoms with Crippen LogP contribution in [-0.2, 0) is 11.2 Å². The molecule has 0 aliphatic rings. The normalized spacial score (nSPS) is 11.8. The van der Waals surface area contributed by atoms with Gasteiger partial charge in [-0.15, -0.1) is 6.58 Å². The van der Waals surface area contributed by atoms with Crippen LogP contribution in [0.2, 0.25) is 0 Å². The van der Waals surface area contributed by atoms with Crippen LogP contribution in [0.3, 0.4) is 0 Å². The van der Waals surface area contributed by atoms with Gasteiger partial charge in [-0.1, -0.05) is 43.3 Å². The standard InChI is InChI=1S/C13H17NO/c1-3-12(14-13(15)4-2)10-11-8-6-5-7-9-11/h3,5-9,12H,1,4,10H2,2H3,(H,14,15). The van der Waals surface area contributed by atoms with Gasteiger partial charge in [0.25, 0.3) is 0 Å². The molecule has 0 fully saturated rings. The fourth-order valence-electron chi connectivity index (χ4n) is 1.37. The maximum Gasteiger partial charge on any atom is 0.220 e. The molecule has 2 heteroatoms. The van der Waals surface area contributed by atoms with Crippen LogP contribution in [0.25, 0.3) is 0 Å². The van der Waals surface area contributed by atoms with E-state index in [0.717, 1.165) is 6.42 Å². The third-order valence-electron chi connectivity index (χ3n) is 2.25. The van der Waals surface area contributed by atoms with Crippen molar-refractivity contribution in [3.05, 3.63) is 48.6 Å². The summed E-state index contributed by atoms with van der Waals surface area (Å²) in [5.41, 5.74) is 1.21. The highest BCUT2D eigenvalue weighted by atomic mass is 16.1. The van der Waals surface area contributed by atoms with E-state index in [1.54, 1.807) is 6.08 Å². The summed E-state index contributed by atoms with van der Waals surface area (Å²) in [5, 5.41) is 2.91. The predicted molar refractivity (Wildman–Crippen MR) is 62.6 cm³/mol. The van der Waals surface area contributed by atoms with Crippen LogP contribution in [-0.4, -0.2) is 11.9 Å². The molecule has 0 saturated heterocycles. The summed E-state index contributed by atoms with van der Waals surface area (Å²) in [6.45, 7) is 5.58. The van der Waals surface area contributed by atoms with Gasteiger partial charge < -0.3 is 5.32 Å². The van der Waals surface area contributed by atoms with Crippen molar-refractivity contribution in [2.24, 2.45) is 0 Å². The van der Waals surface area contributed by atoms with Crippen molar-refractivity contribution in [1.82, 2.24) is 5.32 Å². The zero-order chi connectivity index (χ0) is 11.1. The first-order valence-electron chi connectivity index (χ1n) is 5.22. The Labute approximate surface area is 91.0 Å². The molecule has 0 aromatic heterocycles. The van der Waals surface area contributed by atoms with Gasteiger partial charge in [0.2, 0.25) is 5.91 Å². The maximum atomic E-state index is 11.2. The van der Waals surface area contributed by atoms with E-state index >= 15 is 0 Å². The highest BCUT2D eigenvalue weighted by Crippen LogP contribution is 2.03. The number of hydrogen-bond acceptors (Lipinski definition) is 1. The van der Waals surface area contributed by atoms with Crippen molar-refractivity contribution in [3.8, 4) is 0 Å². The van der Waals surface area contributed by atoms with E-state index in [0.29, 0.717) is 6.42 Å². The van der Waals surface area contributed by atoms with Gasteiger partial charge in [0.15, 0.2) is 0 Å². The summed E-state index contributed by atoms with van der Waals surface area (Å²) in [4.78, 5) is 11.2. The molecule has 0 bridgehead atoms. The SMILES string of the molecule is C=CC(Cc1ccccc1)NC(=O)CC. The number of amides is 1. The van der Waals surface area contributed by atoms with Gasteiger partial charge in [0.1, 0.15) is 0 Å². The van der Waals surface area contributed by atoms with E-state index in [4.69, 9.17) is 0 Å². The molecule has 1 rings (SSSR count). The first-order valence-corrected chi connectivity index (χ1v) is 5.22. The van der Waals surface area contributed by atoms with Crippen molar-refractivity contribution < 1.29 is 4.79 Å². The molecule has 15 heavy (non-hydrogen) atoms. The van der Waals surface area contributed by atoms with Crippen LogP contribution in [0.4, 0.5) is 0 Å². The van der Waals surface area contributed by atoms with E-state index in [2.05, 4.69) is 24.0 Å². The molecule has 2 nitrogen and oxygen atoms in total. The lowest BCUT2D eigenvalue weighted by Gasteiger charge is -2.14. The highest BCUT2D eigenvalue weighted by Gasteiger charge is 2.07. The van der Waals surface area contributed by atoms with Crippen LogP contribution >= 0.6 is 0 Å². The largest absolute Gasteiger partial charge is 0.350 e. The van der Waals surface area contributed by atoms with Crippen molar-refractivity contribution in [1.29, 1.82) is 0 Å². The molecule has 1 aromatic rings. The molecule has 1 amide bonds. The smallest absolute Gasteiger partial charge is 0.220 e. The van der Waals surface area contributed by atoms with E-state index in [1.807, 2.05) is 25.1 Å². The molecule has 0 aliphatic heterocycles. The van der Waals surface area contributed by atoms with Gasteiger partial charge in [0.05, 0.1) is 6.04 Å². The van der Waals surface area contributed by atoms with Crippen LogP contribution in [0.1, 0.15) is 18.9 Å². The average molecular weight is 203 g/mol. The molecular weight excluding hydrogens is 186 g/mol. The molecule has 0 heterocycles. The third-order valence-corrected chi connectivity index (χ3v) is 2.25. The van der Waals surface area contributed by atoms with E-state index in [9.17, 15) is 4.79 Å². The van der Waals surface area contributed by atoms with Crippen molar-refractivity contribution in [2.75, 3.05) is 0 Å². The Morgan fingerprint density at radius 1 is 1.47 bits per heavy atom. The zero-order valence-electron chi connectivity index (χ0n) is 9.07. The molecule has 0 radical (unpaired) electrons. The first-order chi connectivity index (χ1) is 7.26. The van der Waals surface area contributed by atoms with Crippen LogP contribution in [0.15, 0.2) is 43.0 Å². The van der Waals surface area contributed by atoms with Crippen LogP contribution < -0.4 is 5.32 Å². The number of hydrogen-bond donors (Lipinski definition) is 1. The number of carbonyl (C=O) groups is 1. The minimum Gasteiger partial charge on any atom is -0.350 e. The molecule has 0 aliphatic carbocycles. The number of benzene rings is 1. The lowest BCUT2D eigenvalue weighted by molar-refractivity contribution is -0.121. The first kappa shape index (κ1) is 11.5. The van der Waals surface area contributed by atoms with Crippen molar-refractivity contribution in [3.63, 3.8) is 0 Å². The summed E-state index contributed by atoms with van der Waals surface area (Å²) >= 11 is 0. The minimum absolute atomic E-state index is 0.0276. The van der Waals surface area contributed by atoms with Gasteiger partial charge in [-0.05, 0) is 12.0 Å². The van der Waals surface area contributed by atoms with E-state index in [-0.39, 0.29) is 11.9 Å².